The van der Waals surface area contributed by atoms with Gasteiger partial charge >= 0.3 is 5.97 Å². The minimum atomic E-state index is -0.626. The summed E-state index contributed by atoms with van der Waals surface area (Å²) in [4.78, 5) is 11.1. The largest absolute Gasteiger partial charge is 0.494 e. The van der Waals surface area contributed by atoms with Gasteiger partial charge in [-0.2, -0.15) is 0 Å². The Labute approximate surface area is 114 Å². The first-order chi connectivity index (χ1) is 8.84. The highest BCUT2D eigenvalue weighted by Crippen LogP contribution is 2.24. The summed E-state index contributed by atoms with van der Waals surface area (Å²) >= 11 is 0. The topological polar surface area (TPSA) is 61.5 Å². The second kappa shape index (κ2) is 6.57. The molecule has 0 heterocycles. The molecule has 4 nitrogen and oxygen atoms in total. The molecule has 0 aromatic heterocycles. The minimum absolute atomic E-state index is 0.131. The van der Waals surface area contributed by atoms with Gasteiger partial charge in [0.25, 0.3) is 0 Å². The third-order valence-electron chi connectivity index (χ3n) is 2.92. The molecular formula is C15H23NO3. The standard InChI is InChI=1S/C15H23NO3/c1-15(2,3)11-5-7-12(8-6-11)19-10-9-13(16)14(17)18-4/h5-8,13H,9-10,16H2,1-4H3. The monoisotopic (exact) mass is 265 g/mol. The van der Waals surface area contributed by atoms with Crippen molar-refractivity contribution in [3.8, 4) is 5.75 Å². The molecule has 1 aromatic rings. The van der Waals surface area contributed by atoms with Crippen LogP contribution in [0.25, 0.3) is 0 Å². The van der Waals surface area contributed by atoms with Crippen LogP contribution in [0, 0.1) is 0 Å². The molecule has 4 heteroatoms. The molecule has 0 saturated heterocycles. The van der Waals surface area contributed by atoms with Crippen molar-refractivity contribution < 1.29 is 14.3 Å². The number of hydrogen-bond acceptors (Lipinski definition) is 4. The summed E-state index contributed by atoms with van der Waals surface area (Å²) in [5.41, 5.74) is 7.00. The molecule has 2 N–H and O–H groups in total. The zero-order chi connectivity index (χ0) is 14.5. The number of carbonyl (C=O) groups excluding carboxylic acids is 1. The molecule has 19 heavy (non-hydrogen) atoms. The van der Waals surface area contributed by atoms with Gasteiger partial charge in [0, 0.05) is 6.42 Å². The summed E-state index contributed by atoms with van der Waals surface area (Å²) < 4.78 is 10.1. The first-order valence-corrected chi connectivity index (χ1v) is 6.41. The molecule has 106 valence electrons. The Morgan fingerprint density at radius 3 is 2.32 bits per heavy atom. The van der Waals surface area contributed by atoms with Crippen LogP contribution in [0.3, 0.4) is 0 Å². The van der Waals surface area contributed by atoms with Crippen molar-refractivity contribution >= 4 is 5.97 Å². The Hall–Kier alpha value is -1.55. The van der Waals surface area contributed by atoms with Crippen molar-refractivity contribution in [3.05, 3.63) is 29.8 Å². The number of esters is 1. The van der Waals surface area contributed by atoms with Crippen LogP contribution in [0.15, 0.2) is 24.3 Å². The fraction of sp³-hybridized carbons (Fsp3) is 0.533. The average Bonchev–Trinajstić information content (AvgIpc) is 2.37. The molecule has 0 aliphatic heterocycles. The lowest BCUT2D eigenvalue weighted by atomic mass is 9.87. The zero-order valence-corrected chi connectivity index (χ0v) is 12.1. The van der Waals surface area contributed by atoms with E-state index in [4.69, 9.17) is 10.5 Å². The third-order valence-corrected chi connectivity index (χ3v) is 2.92. The van der Waals surface area contributed by atoms with Gasteiger partial charge in [0.05, 0.1) is 13.7 Å². The Morgan fingerprint density at radius 1 is 1.26 bits per heavy atom. The van der Waals surface area contributed by atoms with Crippen molar-refractivity contribution in [1.82, 2.24) is 0 Å². The lowest BCUT2D eigenvalue weighted by molar-refractivity contribution is -0.142. The van der Waals surface area contributed by atoms with E-state index in [9.17, 15) is 4.79 Å². The fourth-order valence-electron chi connectivity index (χ4n) is 1.62. The molecule has 0 fully saturated rings. The number of carbonyl (C=O) groups is 1. The van der Waals surface area contributed by atoms with E-state index in [-0.39, 0.29) is 5.41 Å². The van der Waals surface area contributed by atoms with E-state index in [0.29, 0.717) is 13.0 Å². The van der Waals surface area contributed by atoms with Crippen molar-refractivity contribution in [2.45, 2.75) is 38.6 Å². The zero-order valence-electron chi connectivity index (χ0n) is 12.1. The summed E-state index contributed by atoms with van der Waals surface area (Å²) in [6, 6.07) is 7.35. The van der Waals surface area contributed by atoms with Crippen molar-refractivity contribution in [3.63, 3.8) is 0 Å². The number of ether oxygens (including phenoxy) is 2. The Morgan fingerprint density at radius 2 is 1.84 bits per heavy atom. The summed E-state index contributed by atoms with van der Waals surface area (Å²) in [6.45, 7) is 6.89. The summed E-state index contributed by atoms with van der Waals surface area (Å²) in [5.74, 6) is 0.372. The minimum Gasteiger partial charge on any atom is -0.494 e. The first kappa shape index (κ1) is 15.5. The van der Waals surface area contributed by atoms with Crippen LogP contribution in [0.2, 0.25) is 0 Å². The third kappa shape index (κ3) is 4.91. The van der Waals surface area contributed by atoms with Crippen LogP contribution in [0.1, 0.15) is 32.8 Å². The molecular weight excluding hydrogens is 242 g/mol. The molecule has 0 aliphatic carbocycles. The van der Waals surface area contributed by atoms with Gasteiger partial charge in [0.15, 0.2) is 0 Å². The quantitative estimate of drug-likeness (QED) is 0.829. The predicted octanol–water partition coefficient (Wildman–Crippen LogP) is 2.25. The van der Waals surface area contributed by atoms with E-state index >= 15 is 0 Å². The van der Waals surface area contributed by atoms with Gasteiger partial charge in [0.2, 0.25) is 0 Å². The lowest BCUT2D eigenvalue weighted by Crippen LogP contribution is -2.33. The van der Waals surface area contributed by atoms with Crippen LogP contribution < -0.4 is 10.5 Å². The van der Waals surface area contributed by atoms with Gasteiger partial charge in [-0.05, 0) is 23.1 Å². The first-order valence-electron chi connectivity index (χ1n) is 6.41. The average molecular weight is 265 g/mol. The summed E-state index contributed by atoms with van der Waals surface area (Å²) in [7, 11) is 1.33. The number of benzene rings is 1. The fourth-order valence-corrected chi connectivity index (χ4v) is 1.62. The SMILES string of the molecule is COC(=O)C(N)CCOc1ccc(C(C)(C)C)cc1. The van der Waals surface area contributed by atoms with Crippen LogP contribution in [-0.4, -0.2) is 25.7 Å². The van der Waals surface area contributed by atoms with E-state index in [1.165, 1.54) is 12.7 Å². The lowest BCUT2D eigenvalue weighted by Gasteiger charge is -2.19. The van der Waals surface area contributed by atoms with Crippen molar-refractivity contribution in [2.24, 2.45) is 5.73 Å². The van der Waals surface area contributed by atoms with Gasteiger partial charge < -0.3 is 15.2 Å². The Balaban J connectivity index is 2.45. The van der Waals surface area contributed by atoms with E-state index in [1.807, 2.05) is 12.1 Å². The van der Waals surface area contributed by atoms with Crippen LogP contribution in [0.4, 0.5) is 0 Å². The van der Waals surface area contributed by atoms with E-state index < -0.39 is 12.0 Å². The normalized spacial score (nSPS) is 12.9. The number of methoxy groups -OCH3 is 1. The maximum atomic E-state index is 11.1. The molecule has 0 amide bonds. The number of nitrogens with two attached hydrogens (primary N) is 1. The maximum absolute atomic E-state index is 11.1. The smallest absolute Gasteiger partial charge is 0.322 e. The van der Waals surface area contributed by atoms with Crippen LogP contribution >= 0.6 is 0 Å². The van der Waals surface area contributed by atoms with Gasteiger partial charge in [0.1, 0.15) is 11.8 Å². The molecule has 0 bridgehead atoms. The van der Waals surface area contributed by atoms with Gasteiger partial charge in [-0.25, -0.2) is 0 Å². The van der Waals surface area contributed by atoms with Crippen molar-refractivity contribution in [2.75, 3.05) is 13.7 Å². The number of rotatable bonds is 5. The molecule has 0 radical (unpaired) electrons. The second-order valence-electron chi connectivity index (χ2n) is 5.54. The van der Waals surface area contributed by atoms with E-state index in [0.717, 1.165) is 5.75 Å². The van der Waals surface area contributed by atoms with E-state index in [1.54, 1.807) is 0 Å². The number of hydrogen-bond donors (Lipinski definition) is 1. The van der Waals surface area contributed by atoms with Gasteiger partial charge in [-0.3, -0.25) is 4.79 Å². The van der Waals surface area contributed by atoms with Crippen molar-refractivity contribution in [1.29, 1.82) is 0 Å². The molecule has 1 atom stereocenters. The Kier molecular flexibility index (Phi) is 5.36. The molecule has 0 saturated carbocycles. The maximum Gasteiger partial charge on any atom is 0.322 e. The predicted molar refractivity (Wildman–Crippen MR) is 75.2 cm³/mol. The highest BCUT2D eigenvalue weighted by atomic mass is 16.5. The summed E-state index contributed by atoms with van der Waals surface area (Å²) in [5, 5.41) is 0. The van der Waals surface area contributed by atoms with E-state index in [2.05, 4.69) is 37.6 Å². The van der Waals surface area contributed by atoms with Gasteiger partial charge in [-0.1, -0.05) is 32.9 Å². The Bertz CT molecular complexity index is 406. The van der Waals surface area contributed by atoms with Crippen LogP contribution in [-0.2, 0) is 14.9 Å². The van der Waals surface area contributed by atoms with Gasteiger partial charge in [-0.15, -0.1) is 0 Å². The second-order valence-corrected chi connectivity index (χ2v) is 5.54. The highest BCUT2D eigenvalue weighted by molar-refractivity contribution is 5.75. The van der Waals surface area contributed by atoms with Crippen LogP contribution in [0.5, 0.6) is 5.75 Å². The summed E-state index contributed by atoms with van der Waals surface area (Å²) in [6.07, 6.45) is 0.438. The molecule has 1 rings (SSSR count). The molecule has 0 aliphatic rings. The highest BCUT2D eigenvalue weighted by Gasteiger charge is 2.14. The molecule has 0 spiro atoms. The molecule has 1 aromatic carbocycles. The molecule has 1 unspecified atom stereocenters.